The van der Waals surface area contributed by atoms with Crippen molar-refractivity contribution in [3.05, 3.63) is 58.9 Å². The molecule has 94 valence electrons. The summed E-state index contributed by atoms with van der Waals surface area (Å²) in [6.45, 7) is 0.477. The van der Waals surface area contributed by atoms with E-state index in [1.54, 1.807) is 6.07 Å². The smallest absolute Gasteiger partial charge is 0.145 e. The number of benzene rings is 2. The van der Waals surface area contributed by atoms with Gasteiger partial charge in [-0.2, -0.15) is 0 Å². The Morgan fingerprint density at radius 3 is 2.50 bits per heavy atom. The van der Waals surface area contributed by atoms with Crippen molar-refractivity contribution in [1.29, 1.82) is 0 Å². The van der Waals surface area contributed by atoms with Crippen LogP contribution in [0.1, 0.15) is 5.56 Å². The average molecular weight is 266 g/mol. The fourth-order valence-electron chi connectivity index (χ4n) is 1.54. The maximum atomic E-state index is 13.1. The first kappa shape index (κ1) is 12.7. The lowest BCUT2D eigenvalue weighted by molar-refractivity contribution is 0.320. The van der Waals surface area contributed by atoms with Crippen molar-refractivity contribution >= 4 is 17.3 Å². The van der Waals surface area contributed by atoms with E-state index in [-0.39, 0.29) is 5.02 Å². The highest BCUT2D eigenvalue weighted by atomic mass is 35.5. The summed E-state index contributed by atoms with van der Waals surface area (Å²) in [5.41, 5.74) is 7.45. The molecule has 0 heterocycles. The van der Waals surface area contributed by atoms with E-state index in [1.165, 1.54) is 12.1 Å². The van der Waals surface area contributed by atoms with E-state index in [0.717, 1.165) is 17.7 Å². The predicted molar refractivity (Wildman–Crippen MR) is 71.5 cm³/mol. The number of nitrogens with two attached hydrogens (primary N) is 1. The summed E-state index contributed by atoms with van der Waals surface area (Å²) < 4.78 is 18.6. The Balaban J connectivity index is 1.88. The van der Waals surface area contributed by atoms with E-state index in [4.69, 9.17) is 22.1 Å². The van der Waals surface area contributed by atoms with Crippen LogP contribution < -0.4 is 10.5 Å². The van der Waals surface area contributed by atoms with Gasteiger partial charge in [0.25, 0.3) is 0 Å². The molecule has 2 rings (SSSR count). The van der Waals surface area contributed by atoms with Crippen molar-refractivity contribution in [2.45, 2.75) is 6.42 Å². The largest absolute Gasteiger partial charge is 0.493 e. The van der Waals surface area contributed by atoms with Crippen LogP contribution in [0.25, 0.3) is 0 Å². The summed E-state index contributed by atoms with van der Waals surface area (Å²) in [6.07, 6.45) is 0.741. The number of halogens is 2. The molecule has 0 atom stereocenters. The minimum Gasteiger partial charge on any atom is -0.493 e. The third-order valence-corrected chi connectivity index (χ3v) is 2.84. The number of hydrogen-bond acceptors (Lipinski definition) is 2. The van der Waals surface area contributed by atoms with Gasteiger partial charge in [0.05, 0.1) is 11.6 Å². The topological polar surface area (TPSA) is 35.2 Å². The Bertz CT molecular complexity index is 528. The van der Waals surface area contributed by atoms with Crippen molar-refractivity contribution in [3.8, 4) is 5.75 Å². The monoisotopic (exact) mass is 265 g/mol. The maximum absolute atomic E-state index is 13.1. The van der Waals surface area contributed by atoms with Crippen LogP contribution in [-0.4, -0.2) is 6.61 Å². The van der Waals surface area contributed by atoms with Gasteiger partial charge in [0.15, 0.2) is 0 Å². The summed E-state index contributed by atoms with van der Waals surface area (Å²) in [4.78, 5) is 0. The first-order valence-electron chi connectivity index (χ1n) is 5.57. The molecule has 0 amide bonds. The van der Waals surface area contributed by atoms with Gasteiger partial charge in [-0.15, -0.1) is 0 Å². The first-order chi connectivity index (χ1) is 8.65. The fourth-order valence-corrected chi connectivity index (χ4v) is 1.66. The molecular weight excluding hydrogens is 253 g/mol. The molecule has 0 aliphatic rings. The second-order valence-corrected chi connectivity index (χ2v) is 4.32. The lowest BCUT2D eigenvalue weighted by Crippen LogP contribution is -2.01. The van der Waals surface area contributed by atoms with Crippen molar-refractivity contribution in [3.63, 3.8) is 0 Å². The molecule has 4 heteroatoms. The Kier molecular flexibility index (Phi) is 4.05. The highest BCUT2D eigenvalue weighted by Gasteiger charge is 2.01. The number of ether oxygens (including phenoxy) is 1. The van der Waals surface area contributed by atoms with Gasteiger partial charge in [0.1, 0.15) is 11.6 Å². The Hall–Kier alpha value is -1.74. The summed E-state index contributed by atoms with van der Waals surface area (Å²) in [5.74, 6) is 0.00833. The molecule has 0 bridgehead atoms. The molecule has 2 aromatic carbocycles. The molecular formula is C14H13ClFNO. The van der Waals surface area contributed by atoms with Crippen LogP contribution in [0, 0.1) is 5.82 Å². The van der Waals surface area contributed by atoms with Gasteiger partial charge in [-0.1, -0.05) is 23.7 Å². The highest BCUT2D eigenvalue weighted by Crippen LogP contribution is 2.20. The summed E-state index contributed by atoms with van der Waals surface area (Å²) >= 11 is 5.58. The van der Waals surface area contributed by atoms with Gasteiger partial charge in [-0.3, -0.25) is 0 Å². The lowest BCUT2D eigenvalue weighted by atomic mass is 10.1. The minimum atomic E-state index is -0.471. The second kappa shape index (κ2) is 5.74. The van der Waals surface area contributed by atoms with E-state index < -0.39 is 5.82 Å². The van der Waals surface area contributed by atoms with Gasteiger partial charge >= 0.3 is 0 Å². The maximum Gasteiger partial charge on any atom is 0.145 e. The Morgan fingerprint density at radius 1 is 1.11 bits per heavy atom. The molecule has 0 unspecified atom stereocenters. The highest BCUT2D eigenvalue weighted by molar-refractivity contribution is 6.30. The van der Waals surface area contributed by atoms with Crippen molar-refractivity contribution in [2.75, 3.05) is 12.3 Å². The van der Waals surface area contributed by atoms with E-state index in [2.05, 4.69) is 0 Å². The fraction of sp³-hybridized carbons (Fsp3) is 0.143. The standard InChI is InChI=1S/C14H13ClFNO/c15-13-6-5-12(9-14(13)16)18-8-7-10-1-3-11(17)4-2-10/h1-6,9H,7-8,17H2. The first-order valence-corrected chi connectivity index (χ1v) is 5.95. The van der Waals surface area contributed by atoms with Gasteiger partial charge in [0, 0.05) is 18.2 Å². The molecule has 0 fully saturated rings. The van der Waals surface area contributed by atoms with Crippen LogP contribution in [0.4, 0.5) is 10.1 Å². The third kappa shape index (κ3) is 3.37. The van der Waals surface area contributed by atoms with E-state index in [1.807, 2.05) is 24.3 Å². The molecule has 2 aromatic rings. The van der Waals surface area contributed by atoms with E-state index >= 15 is 0 Å². The Morgan fingerprint density at radius 2 is 1.83 bits per heavy atom. The molecule has 18 heavy (non-hydrogen) atoms. The van der Waals surface area contributed by atoms with Crippen LogP contribution in [0.3, 0.4) is 0 Å². The van der Waals surface area contributed by atoms with Crippen molar-refractivity contribution in [1.82, 2.24) is 0 Å². The summed E-state index contributed by atoms with van der Waals surface area (Å²) in [5, 5.41) is 0.0980. The number of nitrogen functional groups attached to an aromatic ring is 1. The average Bonchev–Trinajstić information content (AvgIpc) is 2.36. The van der Waals surface area contributed by atoms with Crippen LogP contribution in [-0.2, 0) is 6.42 Å². The zero-order valence-electron chi connectivity index (χ0n) is 9.70. The number of anilines is 1. The molecule has 0 aliphatic carbocycles. The number of hydrogen-bond donors (Lipinski definition) is 1. The van der Waals surface area contributed by atoms with Gasteiger partial charge in [-0.25, -0.2) is 4.39 Å². The van der Waals surface area contributed by atoms with Crippen molar-refractivity contribution < 1.29 is 9.13 Å². The molecule has 0 saturated carbocycles. The molecule has 0 aliphatic heterocycles. The number of rotatable bonds is 4. The normalized spacial score (nSPS) is 10.3. The molecule has 2 N–H and O–H groups in total. The Labute approximate surface area is 110 Å². The van der Waals surface area contributed by atoms with Gasteiger partial charge in [-0.05, 0) is 29.8 Å². The molecule has 0 radical (unpaired) electrons. The molecule has 0 saturated heterocycles. The van der Waals surface area contributed by atoms with E-state index in [0.29, 0.717) is 12.4 Å². The summed E-state index contributed by atoms with van der Waals surface area (Å²) in [6, 6.07) is 12.0. The molecule has 0 aromatic heterocycles. The SMILES string of the molecule is Nc1ccc(CCOc2ccc(Cl)c(F)c2)cc1. The zero-order chi connectivity index (χ0) is 13.0. The van der Waals surface area contributed by atoms with Crippen molar-refractivity contribution in [2.24, 2.45) is 0 Å². The van der Waals surface area contributed by atoms with E-state index in [9.17, 15) is 4.39 Å². The molecule has 2 nitrogen and oxygen atoms in total. The van der Waals surface area contributed by atoms with Gasteiger partial charge in [0.2, 0.25) is 0 Å². The van der Waals surface area contributed by atoms with Crippen LogP contribution >= 0.6 is 11.6 Å². The van der Waals surface area contributed by atoms with Gasteiger partial charge < -0.3 is 10.5 Å². The van der Waals surface area contributed by atoms with Crippen LogP contribution in [0.15, 0.2) is 42.5 Å². The summed E-state index contributed by atoms with van der Waals surface area (Å²) in [7, 11) is 0. The molecule has 0 spiro atoms. The van der Waals surface area contributed by atoms with Crippen LogP contribution in [0.2, 0.25) is 5.02 Å². The quantitative estimate of drug-likeness (QED) is 0.856. The second-order valence-electron chi connectivity index (χ2n) is 3.92. The zero-order valence-corrected chi connectivity index (χ0v) is 10.5. The predicted octanol–water partition coefficient (Wildman–Crippen LogP) is 3.68. The minimum absolute atomic E-state index is 0.0980. The van der Waals surface area contributed by atoms with Crippen LogP contribution in [0.5, 0.6) is 5.75 Å². The lowest BCUT2D eigenvalue weighted by Gasteiger charge is -2.07. The third-order valence-electron chi connectivity index (χ3n) is 2.53.